The van der Waals surface area contributed by atoms with Crippen molar-refractivity contribution < 1.29 is 0 Å². The molecule has 2 heterocycles. The van der Waals surface area contributed by atoms with Crippen LogP contribution < -0.4 is 9.80 Å². The molecule has 5 heteroatoms. The van der Waals surface area contributed by atoms with Gasteiger partial charge in [0.2, 0.25) is 5.95 Å². The van der Waals surface area contributed by atoms with Gasteiger partial charge >= 0.3 is 0 Å². The van der Waals surface area contributed by atoms with Crippen molar-refractivity contribution in [3.63, 3.8) is 0 Å². The summed E-state index contributed by atoms with van der Waals surface area (Å²) >= 11 is 6.06. The third kappa shape index (κ3) is 3.27. The van der Waals surface area contributed by atoms with E-state index in [-0.39, 0.29) is 0 Å². The number of aromatic nitrogens is 2. The highest BCUT2D eigenvalue weighted by Crippen LogP contribution is 2.21. The predicted octanol–water partition coefficient (Wildman–Crippen LogP) is 3.02. The summed E-state index contributed by atoms with van der Waals surface area (Å²) in [4.78, 5) is 13.5. The first kappa shape index (κ1) is 14.1. The molecule has 110 valence electrons. The molecule has 0 unspecified atom stereocenters. The molecule has 21 heavy (non-hydrogen) atoms. The summed E-state index contributed by atoms with van der Waals surface area (Å²) in [5, 5.41) is 0.786. The molecule has 1 aliphatic heterocycles. The molecule has 0 aliphatic carbocycles. The lowest BCUT2D eigenvalue weighted by Gasteiger charge is -2.36. The van der Waals surface area contributed by atoms with Crippen LogP contribution >= 0.6 is 11.6 Å². The van der Waals surface area contributed by atoms with Gasteiger partial charge in [-0.15, -0.1) is 0 Å². The fraction of sp³-hybridized carbons (Fsp3) is 0.375. The molecular formula is C16H19ClN4. The first-order chi connectivity index (χ1) is 10.3. The van der Waals surface area contributed by atoms with Crippen molar-refractivity contribution in [3.05, 3.63) is 47.2 Å². The zero-order valence-corrected chi connectivity index (χ0v) is 12.9. The third-order valence-corrected chi connectivity index (χ3v) is 4.07. The van der Waals surface area contributed by atoms with Crippen LogP contribution in [0.1, 0.15) is 12.5 Å². The Morgan fingerprint density at radius 2 is 1.71 bits per heavy atom. The molecule has 2 aromatic rings. The number of aryl methyl sites for hydroxylation is 1. The van der Waals surface area contributed by atoms with E-state index in [1.165, 1.54) is 11.3 Å². The molecule has 0 amide bonds. The smallest absolute Gasteiger partial charge is 0.225 e. The number of hydrogen-bond donors (Lipinski definition) is 0. The molecule has 0 radical (unpaired) electrons. The lowest BCUT2D eigenvalue weighted by atomic mass is 10.2. The first-order valence-corrected chi connectivity index (χ1v) is 7.70. The highest BCUT2D eigenvalue weighted by molar-refractivity contribution is 6.30. The highest BCUT2D eigenvalue weighted by atomic mass is 35.5. The number of piperazine rings is 1. The van der Waals surface area contributed by atoms with E-state index in [0.29, 0.717) is 0 Å². The SMILES string of the molecule is CCc1cnc(N2CCN(c3cccc(Cl)c3)CC2)nc1. The van der Waals surface area contributed by atoms with Crippen molar-refractivity contribution in [1.29, 1.82) is 0 Å². The van der Waals surface area contributed by atoms with Crippen molar-refractivity contribution in [2.24, 2.45) is 0 Å². The molecule has 1 saturated heterocycles. The number of anilines is 2. The van der Waals surface area contributed by atoms with Crippen molar-refractivity contribution in [2.75, 3.05) is 36.0 Å². The molecule has 0 bridgehead atoms. The van der Waals surface area contributed by atoms with Gasteiger partial charge in [0.05, 0.1) is 0 Å². The second kappa shape index (κ2) is 6.31. The van der Waals surface area contributed by atoms with Crippen LogP contribution in [0.25, 0.3) is 0 Å². The van der Waals surface area contributed by atoms with Crippen LogP contribution in [0.15, 0.2) is 36.7 Å². The third-order valence-electron chi connectivity index (χ3n) is 3.84. The number of benzene rings is 1. The number of rotatable bonds is 3. The molecule has 0 N–H and O–H groups in total. The molecule has 1 aliphatic rings. The number of halogens is 1. The van der Waals surface area contributed by atoms with Crippen molar-refractivity contribution in [3.8, 4) is 0 Å². The molecule has 1 aromatic carbocycles. The molecule has 0 saturated carbocycles. The lowest BCUT2D eigenvalue weighted by Crippen LogP contribution is -2.47. The Kier molecular flexibility index (Phi) is 4.25. The summed E-state index contributed by atoms with van der Waals surface area (Å²) in [7, 11) is 0. The van der Waals surface area contributed by atoms with E-state index in [9.17, 15) is 0 Å². The molecule has 0 atom stereocenters. The standard InChI is InChI=1S/C16H19ClN4/c1-2-13-11-18-16(19-12-13)21-8-6-20(7-9-21)15-5-3-4-14(17)10-15/h3-5,10-12H,2,6-9H2,1H3. The summed E-state index contributed by atoms with van der Waals surface area (Å²) in [6.07, 6.45) is 4.82. The van der Waals surface area contributed by atoms with Crippen LogP contribution in [-0.4, -0.2) is 36.1 Å². The lowest BCUT2D eigenvalue weighted by molar-refractivity contribution is 0.639. The van der Waals surface area contributed by atoms with Crippen LogP contribution in [0.3, 0.4) is 0 Å². The topological polar surface area (TPSA) is 32.3 Å². The van der Waals surface area contributed by atoms with E-state index in [1.807, 2.05) is 30.6 Å². The quantitative estimate of drug-likeness (QED) is 0.872. The average Bonchev–Trinajstić information content (AvgIpc) is 2.55. The Bertz CT molecular complexity index is 591. The summed E-state index contributed by atoms with van der Waals surface area (Å²) in [6, 6.07) is 8.03. The summed E-state index contributed by atoms with van der Waals surface area (Å²) in [5.41, 5.74) is 2.36. The summed E-state index contributed by atoms with van der Waals surface area (Å²) in [5.74, 6) is 0.831. The van der Waals surface area contributed by atoms with Gasteiger partial charge < -0.3 is 9.80 Å². The maximum absolute atomic E-state index is 6.06. The van der Waals surface area contributed by atoms with E-state index in [2.05, 4.69) is 32.8 Å². The van der Waals surface area contributed by atoms with Gasteiger partial charge in [0.25, 0.3) is 0 Å². The molecule has 1 aromatic heterocycles. The van der Waals surface area contributed by atoms with Crippen molar-refractivity contribution >= 4 is 23.2 Å². The molecule has 1 fully saturated rings. The van der Waals surface area contributed by atoms with Gasteiger partial charge in [-0.3, -0.25) is 0 Å². The van der Waals surface area contributed by atoms with Crippen molar-refractivity contribution in [1.82, 2.24) is 9.97 Å². The fourth-order valence-electron chi connectivity index (χ4n) is 2.53. The summed E-state index contributed by atoms with van der Waals surface area (Å²) in [6.45, 7) is 5.89. The van der Waals surface area contributed by atoms with Crippen LogP contribution in [0.4, 0.5) is 11.6 Å². The Balaban J connectivity index is 1.64. The zero-order valence-electron chi connectivity index (χ0n) is 12.2. The van der Waals surface area contributed by atoms with Crippen LogP contribution in [0, 0.1) is 0 Å². The van der Waals surface area contributed by atoms with E-state index in [4.69, 9.17) is 11.6 Å². The number of nitrogens with zero attached hydrogens (tertiary/aromatic N) is 4. The minimum absolute atomic E-state index is 0.786. The largest absolute Gasteiger partial charge is 0.368 e. The van der Waals surface area contributed by atoms with Crippen LogP contribution in [0.2, 0.25) is 5.02 Å². The van der Waals surface area contributed by atoms with E-state index >= 15 is 0 Å². The Morgan fingerprint density at radius 3 is 2.33 bits per heavy atom. The minimum atomic E-state index is 0.786. The van der Waals surface area contributed by atoms with E-state index in [0.717, 1.165) is 43.6 Å². The van der Waals surface area contributed by atoms with Crippen LogP contribution in [0.5, 0.6) is 0 Å². The number of hydrogen-bond acceptors (Lipinski definition) is 4. The molecule has 3 rings (SSSR count). The second-order valence-corrected chi connectivity index (χ2v) is 5.64. The predicted molar refractivity (Wildman–Crippen MR) is 87.3 cm³/mol. The molecule has 0 spiro atoms. The van der Waals surface area contributed by atoms with Crippen molar-refractivity contribution in [2.45, 2.75) is 13.3 Å². The second-order valence-electron chi connectivity index (χ2n) is 5.20. The Labute approximate surface area is 130 Å². The van der Waals surface area contributed by atoms with Crippen LogP contribution in [-0.2, 0) is 6.42 Å². The monoisotopic (exact) mass is 302 g/mol. The van der Waals surface area contributed by atoms with Gasteiger partial charge in [-0.1, -0.05) is 24.6 Å². The summed E-state index contributed by atoms with van der Waals surface area (Å²) < 4.78 is 0. The van der Waals surface area contributed by atoms with Gasteiger partial charge in [-0.25, -0.2) is 9.97 Å². The highest BCUT2D eigenvalue weighted by Gasteiger charge is 2.19. The Hall–Kier alpha value is -1.81. The average molecular weight is 303 g/mol. The van der Waals surface area contributed by atoms with Gasteiger partial charge in [-0.05, 0) is 30.2 Å². The Morgan fingerprint density at radius 1 is 1.05 bits per heavy atom. The maximum Gasteiger partial charge on any atom is 0.225 e. The first-order valence-electron chi connectivity index (χ1n) is 7.32. The molecular weight excluding hydrogens is 284 g/mol. The van der Waals surface area contributed by atoms with Gasteiger partial charge in [0.15, 0.2) is 0 Å². The van der Waals surface area contributed by atoms with E-state index in [1.54, 1.807) is 0 Å². The van der Waals surface area contributed by atoms with Gasteiger partial charge in [0.1, 0.15) is 0 Å². The van der Waals surface area contributed by atoms with E-state index < -0.39 is 0 Å². The maximum atomic E-state index is 6.06. The van der Waals surface area contributed by atoms with Gasteiger partial charge in [0, 0.05) is 49.3 Å². The molecule has 4 nitrogen and oxygen atoms in total. The van der Waals surface area contributed by atoms with Gasteiger partial charge in [-0.2, -0.15) is 0 Å². The normalized spacial score (nSPS) is 15.3. The zero-order chi connectivity index (χ0) is 14.7. The minimum Gasteiger partial charge on any atom is -0.368 e. The fourth-order valence-corrected chi connectivity index (χ4v) is 2.72.